The number of halogens is 2. The first-order chi connectivity index (χ1) is 16.1. The number of amides is 3. The van der Waals surface area contributed by atoms with Gasteiger partial charge in [-0.25, -0.2) is 14.3 Å². The minimum absolute atomic E-state index is 0.0148. The van der Waals surface area contributed by atoms with Crippen LogP contribution in [0, 0.1) is 23.7 Å². The van der Waals surface area contributed by atoms with Gasteiger partial charge in [-0.3, -0.25) is 19.6 Å². The minimum Gasteiger partial charge on any atom is -0.507 e. The van der Waals surface area contributed by atoms with E-state index in [0.717, 1.165) is 13.8 Å². The molecule has 0 aliphatic heterocycles. The Morgan fingerprint density at radius 3 is 2.18 bits per heavy atom. The van der Waals surface area contributed by atoms with Crippen LogP contribution in [0.2, 0.25) is 0 Å². The van der Waals surface area contributed by atoms with Crippen LogP contribution in [0.5, 0.6) is 5.75 Å². The molecule has 0 radical (unpaired) electrons. The zero-order valence-corrected chi connectivity index (χ0v) is 18.1. The summed E-state index contributed by atoms with van der Waals surface area (Å²) in [5, 5.41) is 22.7. The molecule has 34 heavy (non-hydrogen) atoms. The second-order valence-corrected chi connectivity index (χ2v) is 7.24. The zero-order valence-electron chi connectivity index (χ0n) is 18.1. The number of hydroxylamine groups is 1. The maximum absolute atomic E-state index is 13.7. The first kappa shape index (κ1) is 25.8. The van der Waals surface area contributed by atoms with Crippen molar-refractivity contribution in [1.29, 1.82) is 0 Å². The summed E-state index contributed by atoms with van der Waals surface area (Å²) >= 11 is 0. The van der Waals surface area contributed by atoms with Crippen LogP contribution in [0.15, 0.2) is 48.5 Å². The first-order valence-electron chi connectivity index (χ1n) is 9.80. The lowest BCUT2D eigenvalue weighted by Crippen LogP contribution is -2.68. The van der Waals surface area contributed by atoms with Crippen molar-refractivity contribution in [3.63, 3.8) is 0 Å². The van der Waals surface area contributed by atoms with Crippen molar-refractivity contribution in [2.24, 2.45) is 0 Å². The van der Waals surface area contributed by atoms with Crippen molar-refractivity contribution in [3.05, 3.63) is 65.2 Å². The van der Waals surface area contributed by atoms with Crippen molar-refractivity contribution in [3.8, 4) is 29.4 Å². The van der Waals surface area contributed by atoms with E-state index in [1.807, 2.05) is 5.32 Å². The van der Waals surface area contributed by atoms with Crippen molar-refractivity contribution in [2.75, 3.05) is 0 Å². The summed E-state index contributed by atoms with van der Waals surface area (Å²) < 4.78 is 27.4. The number of phenols is 1. The molecule has 3 amide bonds. The van der Waals surface area contributed by atoms with Gasteiger partial charge in [-0.1, -0.05) is 18.1 Å². The van der Waals surface area contributed by atoms with Gasteiger partial charge >= 0.3 is 0 Å². The quantitative estimate of drug-likeness (QED) is 0.249. The van der Waals surface area contributed by atoms with Crippen molar-refractivity contribution < 1.29 is 33.5 Å². The standard InChI is InChI=1S/C24H21F2N3O5/c1-15(30)28-24(2,23(25)26)20(22(33)29-34)27-21(32)18-13-11-16(12-14-18)7-3-4-8-17-9-5-6-10-19(17)31/h5-6,9-14,20,23,31,34H,1-2H3,(H,27,32)(H,28,30)(H,29,33). The van der Waals surface area contributed by atoms with Crippen LogP contribution in [0.25, 0.3) is 0 Å². The van der Waals surface area contributed by atoms with Crippen LogP contribution < -0.4 is 16.1 Å². The van der Waals surface area contributed by atoms with Crippen LogP contribution in [0.1, 0.15) is 35.3 Å². The average Bonchev–Trinajstić information content (AvgIpc) is 2.80. The molecule has 0 bridgehead atoms. The molecule has 2 aromatic rings. The largest absolute Gasteiger partial charge is 0.507 e. The van der Waals surface area contributed by atoms with E-state index < -0.39 is 35.7 Å². The molecule has 0 spiro atoms. The van der Waals surface area contributed by atoms with Crippen molar-refractivity contribution in [2.45, 2.75) is 31.9 Å². The molecule has 10 heteroatoms. The highest BCUT2D eigenvalue weighted by Crippen LogP contribution is 2.21. The lowest BCUT2D eigenvalue weighted by molar-refractivity contribution is -0.137. The molecule has 2 aromatic carbocycles. The molecule has 0 aliphatic carbocycles. The molecule has 2 rings (SSSR count). The number of nitrogens with one attached hydrogen (secondary N) is 3. The number of hydrogen-bond donors (Lipinski definition) is 5. The molecule has 2 unspecified atom stereocenters. The second kappa shape index (κ2) is 11.5. The number of phenolic OH excluding ortho intramolecular Hbond substituents is 1. The van der Waals surface area contributed by atoms with Gasteiger partial charge in [0, 0.05) is 18.1 Å². The summed E-state index contributed by atoms with van der Waals surface area (Å²) in [6.45, 7) is 1.84. The first-order valence-corrected chi connectivity index (χ1v) is 9.80. The predicted molar refractivity (Wildman–Crippen MR) is 118 cm³/mol. The maximum atomic E-state index is 13.7. The zero-order chi connectivity index (χ0) is 25.3. The molecule has 0 aromatic heterocycles. The number of aromatic hydroxyl groups is 1. The summed E-state index contributed by atoms with van der Waals surface area (Å²) in [7, 11) is 0. The summed E-state index contributed by atoms with van der Waals surface area (Å²) in [4.78, 5) is 36.0. The number of para-hydroxylation sites is 1. The van der Waals surface area contributed by atoms with Gasteiger partial charge < -0.3 is 15.7 Å². The molecule has 0 saturated carbocycles. The third-order valence-electron chi connectivity index (χ3n) is 4.66. The number of alkyl halides is 2. The number of rotatable bonds is 6. The summed E-state index contributed by atoms with van der Waals surface area (Å²) in [6.07, 6.45) is -3.25. The Bertz CT molecular complexity index is 1190. The normalized spacial score (nSPS) is 12.6. The van der Waals surface area contributed by atoms with Gasteiger partial charge in [-0.15, -0.1) is 0 Å². The van der Waals surface area contributed by atoms with E-state index in [-0.39, 0.29) is 11.3 Å². The van der Waals surface area contributed by atoms with E-state index in [1.165, 1.54) is 35.8 Å². The fourth-order valence-corrected chi connectivity index (χ4v) is 2.89. The van der Waals surface area contributed by atoms with Gasteiger partial charge in [0.25, 0.3) is 18.2 Å². The van der Waals surface area contributed by atoms with Crippen LogP contribution in [0.4, 0.5) is 8.78 Å². The Hall–Kier alpha value is -4.41. The summed E-state index contributed by atoms with van der Waals surface area (Å²) in [5.74, 6) is 7.58. The van der Waals surface area contributed by atoms with E-state index in [4.69, 9.17) is 5.21 Å². The second-order valence-electron chi connectivity index (χ2n) is 7.24. The average molecular weight is 469 g/mol. The van der Waals surface area contributed by atoms with E-state index in [0.29, 0.717) is 11.1 Å². The third kappa shape index (κ3) is 6.55. The molecule has 0 aliphatic rings. The van der Waals surface area contributed by atoms with Crippen LogP contribution in [-0.2, 0) is 9.59 Å². The Morgan fingerprint density at radius 1 is 1.00 bits per heavy atom. The topological polar surface area (TPSA) is 128 Å². The van der Waals surface area contributed by atoms with Crippen molar-refractivity contribution in [1.82, 2.24) is 16.1 Å². The monoisotopic (exact) mass is 469 g/mol. The maximum Gasteiger partial charge on any atom is 0.268 e. The van der Waals surface area contributed by atoms with E-state index in [1.54, 1.807) is 18.2 Å². The Labute approximate surface area is 194 Å². The van der Waals surface area contributed by atoms with E-state index in [9.17, 15) is 28.3 Å². The predicted octanol–water partition coefficient (Wildman–Crippen LogP) is 1.56. The Balaban J connectivity index is 2.19. The number of benzene rings is 2. The van der Waals surface area contributed by atoms with Crippen LogP contribution >= 0.6 is 0 Å². The SMILES string of the molecule is CC(=O)NC(C)(C(F)F)C(NC(=O)c1ccc(C#CC#Cc2ccccc2O)cc1)C(=O)NO. The van der Waals surface area contributed by atoms with Crippen LogP contribution in [0.3, 0.4) is 0 Å². The Kier molecular flexibility index (Phi) is 8.71. The molecular weight excluding hydrogens is 448 g/mol. The molecule has 176 valence electrons. The highest BCUT2D eigenvalue weighted by molar-refractivity contribution is 5.98. The summed E-state index contributed by atoms with van der Waals surface area (Å²) in [6, 6.07) is 10.2. The third-order valence-corrected chi connectivity index (χ3v) is 4.66. The van der Waals surface area contributed by atoms with Gasteiger partial charge in [0.15, 0.2) is 0 Å². The summed E-state index contributed by atoms with van der Waals surface area (Å²) in [5.41, 5.74) is -0.350. The number of hydrogen-bond acceptors (Lipinski definition) is 5. The molecule has 2 atom stereocenters. The lowest BCUT2D eigenvalue weighted by atomic mass is 9.91. The van der Waals surface area contributed by atoms with Gasteiger partial charge in [-0.2, -0.15) is 0 Å². The van der Waals surface area contributed by atoms with Gasteiger partial charge in [0.2, 0.25) is 5.91 Å². The molecule has 8 nitrogen and oxygen atoms in total. The molecule has 0 heterocycles. The molecular formula is C24H21F2N3O5. The van der Waals surface area contributed by atoms with Crippen LogP contribution in [-0.4, -0.2) is 46.0 Å². The highest BCUT2D eigenvalue weighted by atomic mass is 19.3. The van der Waals surface area contributed by atoms with Crippen molar-refractivity contribution >= 4 is 17.7 Å². The highest BCUT2D eigenvalue weighted by Gasteiger charge is 2.48. The minimum atomic E-state index is -3.25. The molecule has 0 saturated heterocycles. The van der Waals surface area contributed by atoms with E-state index in [2.05, 4.69) is 29.0 Å². The Morgan fingerprint density at radius 2 is 1.62 bits per heavy atom. The van der Waals surface area contributed by atoms with Gasteiger partial charge in [0.1, 0.15) is 17.3 Å². The number of carbonyl (C=O) groups excluding carboxylic acids is 3. The van der Waals surface area contributed by atoms with Gasteiger partial charge in [-0.05, 0) is 61.1 Å². The fourth-order valence-electron chi connectivity index (χ4n) is 2.89. The molecule has 0 fully saturated rings. The fraction of sp³-hybridized carbons (Fsp3) is 0.208. The molecule has 5 N–H and O–H groups in total. The number of carbonyl (C=O) groups is 3. The lowest BCUT2D eigenvalue weighted by Gasteiger charge is -2.36. The van der Waals surface area contributed by atoms with E-state index >= 15 is 0 Å². The smallest absolute Gasteiger partial charge is 0.268 e. The van der Waals surface area contributed by atoms with Gasteiger partial charge in [0.05, 0.1) is 5.56 Å².